The second kappa shape index (κ2) is 9.83. The Morgan fingerprint density at radius 2 is 1.83 bits per heavy atom. The minimum atomic E-state index is -0.597. The number of amides is 1. The van der Waals surface area contributed by atoms with Crippen molar-refractivity contribution in [2.75, 3.05) is 12.4 Å². The largest absolute Gasteiger partial charge is 0.465 e. The van der Waals surface area contributed by atoms with Gasteiger partial charge in [-0.15, -0.1) is 10.2 Å². The molecule has 1 heterocycles. The molecule has 3 rings (SSSR count). The Hall–Kier alpha value is -3.20. The number of rotatable bonds is 8. The van der Waals surface area contributed by atoms with Crippen molar-refractivity contribution in [3.8, 4) is 5.69 Å². The smallest absolute Gasteiger partial charge is 0.316 e. The number of carbonyl (C=O) groups is 2. The van der Waals surface area contributed by atoms with E-state index in [1.807, 2.05) is 30.3 Å². The molecule has 0 aliphatic rings. The van der Waals surface area contributed by atoms with Crippen LogP contribution in [-0.4, -0.2) is 39.0 Å². The molecule has 1 aromatic heterocycles. The molecule has 7 nitrogen and oxygen atoms in total. The number of nitrogens with zero attached hydrogens (tertiary/aromatic N) is 3. The first kappa shape index (κ1) is 20.5. The standard InChI is InChI=1S/C20H19FN4O3S/c1-2-28-18(26)13-29-20-24-23-17(25(20)14-8-4-3-5-9-14)12-22-19(27)15-10-6-7-11-16(15)21/h3-11H,2,12-13H2,1H3,(H,22,27). The summed E-state index contributed by atoms with van der Waals surface area (Å²) >= 11 is 1.19. The average molecular weight is 414 g/mol. The fraction of sp³-hybridized carbons (Fsp3) is 0.200. The maximum Gasteiger partial charge on any atom is 0.316 e. The Morgan fingerprint density at radius 1 is 1.10 bits per heavy atom. The lowest BCUT2D eigenvalue weighted by atomic mass is 10.2. The SMILES string of the molecule is CCOC(=O)CSc1nnc(CNC(=O)c2ccccc2F)n1-c1ccccc1. The molecule has 0 saturated heterocycles. The fourth-order valence-corrected chi connectivity index (χ4v) is 3.34. The Kier molecular flexibility index (Phi) is 6.96. The summed E-state index contributed by atoms with van der Waals surface area (Å²) in [5.41, 5.74) is 0.731. The van der Waals surface area contributed by atoms with Gasteiger partial charge in [-0.3, -0.25) is 14.2 Å². The number of halogens is 1. The van der Waals surface area contributed by atoms with Gasteiger partial charge in [0.25, 0.3) is 5.91 Å². The average Bonchev–Trinajstić information content (AvgIpc) is 3.14. The maximum absolute atomic E-state index is 13.8. The predicted molar refractivity (Wildman–Crippen MR) is 106 cm³/mol. The van der Waals surface area contributed by atoms with Crippen LogP contribution in [0.25, 0.3) is 5.69 Å². The van der Waals surface area contributed by atoms with Crippen molar-refractivity contribution in [2.24, 2.45) is 0 Å². The van der Waals surface area contributed by atoms with E-state index in [1.165, 1.54) is 30.0 Å². The highest BCUT2D eigenvalue weighted by molar-refractivity contribution is 7.99. The van der Waals surface area contributed by atoms with Crippen LogP contribution in [0.1, 0.15) is 23.1 Å². The zero-order chi connectivity index (χ0) is 20.6. The molecular weight excluding hydrogens is 395 g/mol. The van der Waals surface area contributed by atoms with Crippen LogP contribution in [0.5, 0.6) is 0 Å². The second-order valence-corrected chi connectivity index (χ2v) is 6.77. The van der Waals surface area contributed by atoms with Crippen LogP contribution in [0.2, 0.25) is 0 Å². The quantitative estimate of drug-likeness (QED) is 0.451. The molecule has 0 saturated carbocycles. The van der Waals surface area contributed by atoms with E-state index in [0.29, 0.717) is 17.6 Å². The number of nitrogens with one attached hydrogen (secondary N) is 1. The molecule has 3 aromatic rings. The lowest BCUT2D eigenvalue weighted by Crippen LogP contribution is -2.25. The molecular formula is C20H19FN4O3S. The summed E-state index contributed by atoms with van der Waals surface area (Å²) in [5, 5.41) is 11.4. The van der Waals surface area contributed by atoms with Gasteiger partial charge >= 0.3 is 5.97 Å². The van der Waals surface area contributed by atoms with Gasteiger partial charge in [0.1, 0.15) is 5.82 Å². The van der Waals surface area contributed by atoms with Crippen LogP contribution >= 0.6 is 11.8 Å². The molecule has 0 aliphatic carbocycles. The molecule has 150 valence electrons. The Bertz CT molecular complexity index is 994. The molecule has 0 bridgehead atoms. The van der Waals surface area contributed by atoms with E-state index in [1.54, 1.807) is 17.6 Å². The number of hydrogen-bond donors (Lipinski definition) is 1. The minimum absolute atomic E-state index is 0.0367. The van der Waals surface area contributed by atoms with Crippen LogP contribution in [-0.2, 0) is 16.1 Å². The summed E-state index contributed by atoms with van der Waals surface area (Å²) in [4.78, 5) is 24.0. The zero-order valence-corrected chi connectivity index (χ0v) is 16.5. The summed E-state index contributed by atoms with van der Waals surface area (Å²) < 4.78 is 20.5. The van der Waals surface area contributed by atoms with E-state index >= 15 is 0 Å². The van der Waals surface area contributed by atoms with E-state index in [9.17, 15) is 14.0 Å². The number of esters is 1. The minimum Gasteiger partial charge on any atom is -0.465 e. The number of hydrogen-bond acceptors (Lipinski definition) is 6. The van der Waals surface area contributed by atoms with Crippen LogP contribution in [0.3, 0.4) is 0 Å². The monoisotopic (exact) mass is 414 g/mol. The summed E-state index contributed by atoms with van der Waals surface area (Å²) in [7, 11) is 0. The highest BCUT2D eigenvalue weighted by Crippen LogP contribution is 2.22. The van der Waals surface area contributed by atoms with E-state index in [-0.39, 0.29) is 23.8 Å². The third-order valence-corrected chi connectivity index (χ3v) is 4.77. The van der Waals surface area contributed by atoms with E-state index in [2.05, 4.69) is 15.5 Å². The van der Waals surface area contributed by atoms with Crippen LogP contribution < -0.4 is 5.32 Å². The van der Waals surface area contributed by atoms with Crippen LogP contribution in [0, 0.1) is 5.82 Å². The lowest BCUT2D eigenvalue weighted by molar-refractivity contribution is -0.139. The van der Waals surface area contributed by atoms with Crippen molar-refractivity contribution >= 4 is 23.6 Å². The van der Waals surface area contributed by atoms with Crippen LogP contribution in [0.15, 0.2) is 59.8 Å². The van der Waals surface area contributed by atoms with E-state index in [0.717, 1.165) is 5.69 Å². The Morgan fingerprint density at radius 3 is 2.55 bits per heavy atom. The number of aromatic nitrogens is 3. The van der Waals surface area contributed by atoms with Crippen LogP contribution in [0.4, 0.5) is 4.39 Å². The molecule has 0 fully saturated rings. The number of benzene rings is 2. The Labute approximate surface area is 171 Å². The van der Waals surface area contributed by atoms with Gasteiger partial charge in [-0.2, -0.15) is 0 Å². The third kappa shape index (κ3) is 5.20. The van der Waals surface area contributed by atoms with Crippen molar-refractivity contribution in [1.29, 1.82) is 0 Å². The molecule has 0 atom stereocenters. The summed E-state index contributed by atoms with van der Waals surface area (Å²) in [6, 6.07) is 15.1. The zero-order valence-electron chi connectivity index (χ0n) is 15.7. The number of thioether (sulfide) groups is 1. The maximum atomic E-state index is 13.8. The number of ether oxygens (including phenoxy) is 1. The van der Waals surface area contributed by atoms with Crippen molar-refractivity contribution in [1.82, 2.24) is 20.1 Å². The molecule has 1 amide bonds. The van der Waals surface area contributed by atoms with Gasteiger partial charge in [0.15, 0.2) is 11.0 Å². The number of carbonyl (C=O) groups excluding carboxylic acids is 2. The Balaban J connectivity index is 1.80. The predicted octanol–water partition coefficient (Wildman–Crippen LogP) is 2.99. The molecule has 29 heavy (non-hydrogen) atoms. The van der Waals surface area contributed by atoms with Gasteiger partial charge in [0, 0.05) is 5.69 Å². The lowest BCUT2D eigenvalue weighted by Gasteiger charge is -2.11. The van der Waals surface area contributed by atoms with E-state index < -0.39 is 11.7 Å². The third-order valence-electron chi connectivity index (χ3n) is 3.86. The van der Waals surface area contributed by atoms with Gasteiger partial charge in [-0.1, -0.05) is 42.1 Å². The van der Waals surface area contributed by atoms with E-state index in [4.69, 9.17) is 4.74 Å². The summed E-state index contributed by atoms with van der Waals surface area (Å²) in [6.07, 6.45) is 0. The van der Waals surface area contributed by atoms with Gasteiger partial charge < -0.3 is 10.1 Å². The molecule has 1 N–H and O–H groups in total. The molecule has 0 unspecified atom stereocenters. The van der Waals surface area contributed by atoms with Gasteiger partial charge in [-0.25, -0.2) is 4.39 Å². The van der Waals surface area contributed by atoms with Crippen molar-refractivity contribution in [3.63, 3.8) is 0 Å². The molecule has 9 heteroatoms. The molecule has 0 aliphatic heterocycles. The number of para-hydroxylation sites is 1. The highest BCUT2D eigenvalue weighted by atomic mass is 32.2. The van der Waals surface area contributed by atoms with Crippen molar-refractivity contribution in [2.45, 2.75) is 18.6 Å². The second-order valence-electron chi connectivity index (χ2n) is 5.83. The highest BCUT2D eigenvalue weighted by Gasteiger charge is 2.18. The summed E-state index contributed by atoms with van der Waals surface area (Å²) in [6.45, 7) is 2.08. The van der Waals surface area contributed by atoms with Crippen molar-refractivity contribution < 1.29 is 18.7 Å². The first-order valence-corrected chi connectivity index (χ1v) is 9.89. The van der Waals surface area contributed by atoms with Crippen molar-refractivity contribution in [3.05, 3.63) is 71.8 Å². The molecule has 2 aromatic carbocycles. The molecule has 0 radical (unpaired) electrons. The van der Waals surface area contributed by atoms with Gasteiger partial charge in [0.05, 0.1) is 24.5 Å². The topological polar surface area (TPSA) is 86.1 Å². The first-order chi connectivity index (χ1) is 14.1. The fourth-order valence-electron chi connectivity index (χ4n) is 2.57. The van der Waals surface area contributed by atoms with Gasteiger partial charge in [0.2, 0.25) is 0 Å². The first-order valence-electron chi connectivity index (χ1n) is 8.91. The summed E-state index contributed by atoms with van der Waals surface area (Å²) in [5.74, 6) is -0.964. The molecule has 0 spiro atoms. The van der Waals surface area contributed by atoms with Gasteiger partial charge in [-0.05, 0) is 31.2 Å². The normalized spacial score (nSPS) is 10.6.